The van der Waals surface area contributed by atoms with E-state index >= 15 is 0 Å². The molecule has 0 saturated carbocycles. The van der Waals surface area contributed by atoms with E-state index in [1.165, 1.54) is 6.07 Å². The summed E-state index contributed by atoms with van der Waals surface area (Å²) in [6.07, 6.45) is 1.57. The number of carboxylic acids is 1. The summed E-state index contributed by atoms with van der Waals surface area (Å²) in [4.78, 5) is 24.5. The molecule has 1 aliphatic heterocycles. The average molecular weight is 481 g/mol. The third-order valence-corrected chi connectivity index (χ3v) is 5.63. The van der Waals surface area contributed by atoms with E-state index in [1.807, 2.05) is 0 Å². The molecule has 0 radical (unpaired) electrons. The number of thiocarbonyl (C=S) groups is 1. The van der Waals surface area contributed by atoms with Crippen LogP contribution in [0.2, 0.25) is 0 Å². The van der Waals surface area contributed by atoms with Gasteiger partial charge in [-0.3, -0.25) is 9.69 Å². The quantitative estimate of drug-likeness (QED) is 0.467. The number of aliphatic carboxylic acids is 1. The van der Waals surface area contributed by atoms with Crippen LogP contribution in [0.25, 0.3) is 6.08 Å². The van der Waals surface area contributed by atoms with Crippen molar-refractivity contribution in [2.75, 3.05) is 6.54 Å². The molecule has 1 saturated heterocycles. The average Bonchev–Trinajstić information content (AvgIpc) is 2.89. The first-order valence-corrected chi connectivity index (χ1v) is 9.98. The van der Waals surface area contributed by atoms with E-state index in [-0.39, 0.29) is 21.6 Å². The van der Waals surface area contributed by atoms with Gasteiger partial charge in [-0.05, 0) is 30.3 Å². The Hall–Kier alpha value is -2.23. The van der Waals surface area contributed by atoms with Gasteiger partial charge in [0.2, 0.25) is 0 Å². The van der Waals surface area contributed by atoms with E-state index in [9.17, 15) is 19.1 Å². The summed E-state index contributed by atoms with van der Waals surface area (Å²) in [6, 6.07) is 11.5. The summed E-state index contributed by atoms with van der Waals surface area (Å²) in [5, 5.41) is 10.8. The predicted octanol–water partition coefficient (Wildman–Crippen LogP) is 3.12. The molecule has 144 valence electrons. The molecule has 1 amide bonds. The number of hydrogen-bond acceptors (Lipinski definition) is 6. The van der Waals surface area contributed by atoms with Crippen molar-refractivity contribution in [2.24, 2.45) is 0 Å². The third-order valence-electron chi connectivity index (χ3n) is 3.76. The molecule has 0 spiro atoms. The number of halogens is 2. The van der Waals surface area contributed by atoms with Crippen LogP contribution in [0.3, 0.4) is 0 Å². The zero-order chi connectivity index (χ0) is 20.3. The van der Waals surface area contributed by atoms with E-state index < -0.39 is 18.4 Å². The van der Waals surface area contributed by atoms with Crippen LogP contribution >= 0.6 is 39.9 Å². The lowest BCUT2D eigenvalue weighted by Gasteiger charge is -2.14. The Labute approximate surface area is 178 Å². The van der Waals surface area contributed by atoms with E-state index in [0.717, 1.165) is 21.1 Å². The Balaban J connectivity index is 1.86. The van der Waals surface area contributed by atoms with Crippen molar-refractivity contribution in [3.8, 4) is 5.75 Å². The van der Waals surface area contributed by atoms with Crippen LogP contribution in [0.5, 0.6) is 5.75 Å². The van der Waals surface area contributed by atoms with Crippen LogP contribution in [0.1, 0.15) is 11.1 Å². The second-order valence-electron chi connectivity index (χ2n) is 5.70. The lowest BCUT2D eigenvalue weighted by molar-refractivity contribution is -0.305. The minimum atomic E-state index is -1.39. The molecule has 1 fully saturated rings. The topological polar surface area (TPSA) is 69.7 Å². The summed E-state index contributed by atoms with van der Waals surface area (Å²) in [5.41, 5.74) is 0.969. The van der Waals surface area contributed by atoms with Crippen molar-refractivity contribution in [1.29, 1.82) is 0 Å². The second kappa shape index (κ2) is 8.85. The number of carbonyl (C=O) groups is 2. The minimum Gasteiger partial charge on any atom is -0.548 e. The van der Waals surface area contributed by atoms with Gasteiger partial charge >= 0.3 is 0 Å². The van der Waals surface area contributed by atoms with Crippen molar-refractivity contribution < 1.29 is 23.8 Å². The lowest BCUT2D eigenvalue weighted by Crippen LogP contribution is -2.40. The van der Waals surface area contributed by atoms with Gasteiger partial charge in [-0.25, -0.2) is 4.39 Å². The maximum atomic E-state index is 13.8. The number of amides is 1. The van der Waals surface area contributed by atoms with Crippen molar-refractivity contribution >= 4 is 62.2 Å². The fraction of sp³-hybridized carbons (Fsp3) is 0.105. The Morgan fingerprint density at radius 1 is 1.32 bits per heavy atom. The summed E-state index contributed by atoms with van der Waals surface area (Å²) >= 11 is 9.43. The summed E-state index contributed by atoms with van der Waals surface area (Å²) < 4.78 is 20.4. The monoisotopic (exact) mass is 480 g/mol. The van der Waals surface area contributed by atoms with E-state index in [0.29, 0.717) is 16.9 Å². The Morgan fingerprint density at radius 3 is 2.79 bits per heavy atom. The number of hydrogen-bond donors (Lipinski definition) is 0. The van der Waals surface area contributed by atoms with Gasteiger partial charge in [-0.2, -0.15) is 0 Å². The molecular formula is C19H12BrFNO4S2-. The highest BCUT2D eigenvalue weighted by molar-refractivity contribution is 9.10. The molecule has 28 heavy (non-hydrogen) atoms. The van der Waals surface area contributed by atoms with Gasteiger partial charge in [-0.15, -0.1) is 0 Å². The van der Waals surface area contributed by atoms with Gasteiger partial charge in [0.05, 0.1) is 17.4 Å². The molecule has 0 N–H and O–H groups in total. The van der Waals surface area contributed by atoms with E-state index in [4.69, 9.17) is 17.0 Å². The van der Waals surface area contributed by atoms with Crippen molar-refractivity contribution in [3.63, 3.8) is 0 Å². The first kappa shape index (κ1) is 20.5. The number of thioether (sulfide) groups is 1. The van der Waals surface area contributed by atoms with Crippen LogP contribution < -0.4 is 9.84 Å². The summed E-state index contributed by atoms with van der Waals surface area (Å²) in [7, 11) is 0. The fourth-order valence-corrected chi connectivity index (χ4v) is 4.07. The molecule has 0 unspecified atom stereocenters. The number of carbonyl (C=O) groups excluding carboxylic acids is 2. The Morgan fingerprint density at radius 2 is 2.07 bits per heavy atom. The van der Waals surface area contributed by atoms with Crippen LogP contribution in [-0.4, -0.2) is 27.6 Å². The van der Waals surface area contributed by atoms with Gasteiger partial charge in [-0.1, -0.05) is 58.1 Å². The fourth-order valence-electron chi connectivity index (χ4n) is 2.44. The van der Waals surface area contributed by atoms with Crippen molar-refractivity contribution in [1.82, 2.24) is 4.90 Å². The second-order valence-corrected chi connectivity index (χ2v) is 8.29. The number of nitrogens with zero attached hydrogens (tertiary/aromatic N) is 1. The molecule has 1 heterocycles. The normalized spacial score (nSPS) is 15.4. The highest BCUT2D eigenvalue weighted by Crippen LogP contribution is 2.35. The highest BCUT2D eigenvalue weighted by atomic mass is 79.9. The van der Waals surface area contributed by atoms with Crippen LogP contribution in [0, 0.1) is 5.82 Å². The zero-order valence-corrected chi connectivity index (χ0v) is 17.4. The van der Waals surface area contributed by atoms with Crippen molar-refractivity contribution in [3.05, 3.63) is 68.8 Å². The summed E-state index contributed by atoms with van der Waals surface area (Å²) in [6.45, 7) is -0.585. The molecule has 0 aromatic heterocycles. The number of rotatable bonds is 6. The maximum absolute atomic E-state index is 13.8. The first-order chi connectivity index (χ1) is 13.3. The zero-order valence-electron chi connectivity index (χ0n) is 14.2. The Bertz CT molecular complexity index is 996. The first-order valence-electron chi connectivity index (χ1n) is 7.96. The predicted molar refractivity (Wildman–Crippen MR) is 110 cm³/mol. The van der Waals surface area contributed by atoms with Gasteiger partial charge < -0.3 is 14.6 Å². The van der Waals surface area contributed by atoms with Gasteiger partial charge in [0.1, 0.15) is 22.5 Å². The smallest absolute Gasteiger partial charge is 0.266 e. The van der Waals surface area contributed by atoms with Gasteiger partial charge in [0, 0.05) is 15.6 Å². The maximum Gasteiger partial charge on any atom is 0.266 e. The molecule has 9 heteroatoms. The molecule has 0 bridgehead atoms. The van der Waals surface area contributed by atoms with Crippen LogP contribution in [0.4, 0.5) is 4.39 Å². The molecule has 2 aromatic rings. The third kappa shape index (κ3) is 4.78. The van der Waals surface area contributed by atoms with Crippen molar-refractivity contribution in [2.45, 2.75) is 6.61 Å². The minimum absolute atomic E-state index is 0.0147. The number of benzene rings is 2. The standard InChI is InChI=1S/C19H13BrFNO4S2/c20-13-5-6-15(26-10-11-3-1-2-4-14(11)21)12(7-13)8-16-18(25)22(9-17(23)24)19(27)28-16/h1-8H,9-10H2,(H,23,24)/p-1/b16-8+. The highest BCUT2D eigenvalue weighted by Gasteiger charge is 2.32. The molecule has 0 atom stereocenters. The lowest BCUT2D eigenvalue weighted by atomic mass is 10.1. The van der Waals surface area contributed by atoms with Crippen LogP contribution in [0.15, 0.2) is 51.8 Å². The van der Waals surface area contributed by atoms with E-state index in [1.54, 1.807) is 42.5 Å². The Kier molecular flexibility index (Phi) is 6.48. The molecule has 2 aromatic carbocycles. The largest absolute Gasteiger partial charge is 0.548 e. The summed E-state index contributed by atoms with van der Waals surface area (Å²) in [5.74, 6) is -1.84. The molecule has 1 aliphatic rings. The molecule has 5 nitrogen and oxygen atoms in total. The van der Waals surface area contributed by atoms with Gasteiger partial charge in [0.15, 0.2) is 0 Å². The van der Waals surface area contributed by atoms with Crippen LogP contribution in [-0.2, 0) is 16.2 Å². The van der Waals surface area contributed by atoms with E-state index in [2.05, 4.69) is 15.9 Å². The van der Waals surface area contributed by atoms with Gasteiger partial charge in [0.25, 0.3) is 5.91 Å². The number of carboxylic acid groups (broad SMARTS) is 1. The SMILES string of the molecule is O=C([O-])CN1C(=O)/C(=C\c2cc(Br)ccc2OCc2ccccc2F)SC1=S. The molecule has 0 aliphatic carbocycles. The molecule has 3 rings (SSSR count). The number of ether oxygens (including phenoxy) is 1. The molecular weight excluding hydrogens is 469 g/mol.